The Hall–Kier alpha value is -1.64. The summed E-state index contributed by atoms with van der Waals surface area (Å²) in [6.07, 6.45) is -0.749. The molecule has 122 valence electrons. The number of rotatable bonds is 4. The van der Waals surface area contributed by atoms with E-state index in [9.17, 15) is 13.2 Å². The Balaban J connectivity index is 2.19. The van der Waals surface area contributed by atoms with Crippen LogP contribution < -0.4 is 5.32 Å². The minimum atomic E-state index is -3.60. The summed E-state index contributed by atoms with van der Waals surface area (Å²) in [6, 6.07) is 6.12. The largest absolute Gasteiger partial charge is 0.450 e. The summed E-state index contributed by atoms with van der Waals surface area (Å²) in [7, 11) is -3.60. The Morgan fingerprint density at radius 1 is 1.50 bits per heavy atom. The molecule has 0 bridgehead atoms. The molecule has 1 saturated heterocycles. The highest BCUT2D eigenvalue weighted by Crippen LogP contribution is 2.21. The average Bonchev–Trinajstić information content (AvgIpc) is 2.47. The molecule has 0 saturated carbocycles. The maximum atomic E-state index is 12.6. The second kappa shape index (κ2) is 7.08. The molecule has 1 aromatic rings. The summed E-state index contributed by atoms with van der Waals surface area (Å²) in [5.74, 6) is 0. The summed E-state index contributed by atoms with van der Waals surface area (Å²) in [4.78, 5) is 11.5. The van der Waals surface area contributed by atoms with E-state index in [1.807, 2.05) is 6.92 Å². The van der Waals surface area contributed by atoms with Crippen LogP contribution in [-0.4, -0.2) is 51.2 Å². The highest BCUT2D eigenvalue weighted by atomic mass is 32.2. The molecule has 1 aliphatic heterocycles. The first-order valence-corrected chi connectivity index (χ1v) is 8.53. The zero-order chi connectivity index (χ0) is 16.2. The summed E-state index contributed by atoms with van der Waals surface area (Å²) < 4.78 is 36.8. The normalized spacial score (nSPS) is 19.6. The monoisotopic (exact) mass is 328 g/mol. The number of hydrogen-bond acceptors (Lipinski definition) is 5. The fraction of sp³-hybridized carbons (Fsp3) is 0.500. The minimum Gasteiger partial charge on any atom is -0.450 e. The molecule has 1 atom stereocenters. The van der Waals surface area contributed by atoms with Gasteiger partial charge in [0, 0.05) is 18.8 Å². The predicted molar refractivity (Wildman–Crippen MR) is 81.3 cm³/mol. The number of nitrogens with zero attached hydrogens (tertiary/aromatic N) is 1. The van der Waals surface area contributed by atoms with Crippen molar-refractivity contribution in [3.05, 3.63) is 24.3 Å². The number of nitrogens with one attached hydrogen (secondary N) is 1. The third kappa shape index (κ3) is 3.96. The molecule has 1 fully saturated rings. The fourth-order valence-corrected chi connectivity index (χ4v) is 3.72. The molecule has 0 aromatic heterocycles. The number of hydrogen-bond donors (Lipinski definition) is 1. The molecule has 8 heteroatoms. The van der Waals surface area contributed by atoms with Gasteiger partial charge in [0.05, 0.1) is 24.2 Å². The predicted octanol–water partition coefficient (Wildman–Crippen LogP) is 1.66. The van der Waals surface area contributed by atoms with Crippen LogP contribution in [0.3, 0.4) is 0 Å². The van der Waals surface area contributed by atoms with Crippen molar-refractivity contribution in [1.82, 2.24) is 4.31 Å². The molecule has 1 unspecified atom stereocenters. The van der Waals surface area contributed by atoms with E-state index in [1.165, 1.54) is 16.4 Å². The third-order valence-electron chi connectivity index (χ3n) is 3.20. The van der Waals surface area contributed by atoms with Crippen LogP contribution in [0.5, 0.6) is 0 Å². The quantitative estimate of drug-likeness (QED) is 0.908. The third-order valence-corrected chi connectivity index (χ3v) is 5.06. The molecule has 1 amide bonds. The summed E-state index contributed by atoms with van der Waals surface area (Å²) in [6.45, 7) is 4.79. The van der Waals surface area contributed by atoms with E-state index in [-0.39, 0.29) is 17.6 Å². The summed E-state index contributed by atoms with van der Waals surface area (Å²) in [5, 5.41) is 2.50. The van der Waals surface area contributed by atoms with Gasteiger partial charge < -0.3 is 9.47 Å². The van der Waals surface area contributed by atoms with Gasteiger partial charge in [-0.2, -0.15) is 4.31 Å². The van der Waals surface area contributed by atoms with Gasteiger partial charge in [-0.25, -0.2) is 13.2 Å². The van der Waals surface area contributed by atoms with Crippen molar-refractivity contribution < 1.29 is 22.7 Å². The van der Waals surface area contributed by atoms with Crippen LogP contribution >= 0.6 is 0 Å². The number of carbonyl (C=O) groups excluding carboxylic acids is 1. The van der Waals surface area contributed by atoms with Crippen LogP contribution in [0.2, 0.25) is 0 Å². The highest BCUT2D eigenvalue weighted by molar-refractivity contribution is 7.89. The Morgan fingerprint density at radius 2 is 2.27 bits per heavy atom. The van der Waals surface area contributed by atoms with Crippen LogP contribution in [0.15, 0.2) is 29.2 Å². The number of carbonyl (C=O) groups is 1. The van der Waals surface area contributed by atoms with E-state index in [0.29, 0.717) is 25.4 Å². The molecule has 7 nitrogen and oxygen atoms in total. The first kappa shape index (κ1) is 16.7. The lowest BCUT2D eigenvalue weighted by molar-refractivity contribution is 0.0102. The number of anilines is 1. The minimum absolute atomic E-state index is 0.135. The van der Waals surface area contributed by atoms with Crippen LogP contribution in [0.4, 0.5) is 10.5 Å². The number of benzene rings is 1. The zero-order valence-corrected chi connectivity index (χ0v) is 13.4. The smallest absolute Gasteiger partial charge is 0.411 e. The van der Waals surface area contributed by atoms with Gasteiger partial charge in [-0.05, 0) is 32.0 Å². The Morgan fingerprint density at radius 3 is 2.95 bits per heavy atom. The summed E-state index contributed by atoms with van der Waals surface area (Å²) >= 11 is 0. The lowest BCUT2D eigenvalue weighted by atomic mass is 10.3. The molecule has 1 N–H and O–H groups in total. The molecule has 0 radical (unpaired) electrons. The maximum Gasteiger partial charge on any atom is 0.411 e. The van der Waals surface area contributed by atoms with Gasteiger partial charge in [0.25, 0.3) is 0 Å². The molecule has 1 aliphatic rings. The highest BCUT2D eigenvalue weighted by Gasteiger charge is 2.29. The number of amides is 1. The second-order valence-corrected chi connectivity index (χ2v) is 6.86. The molecule has 22 heavy (non-hydrogen) atoms. The topological polar surface area (TPSA) is 84.9 Å². The van der Waals surface area contributed by atoms with Crippen molar-refractivity contribution in [3.63, 3.8) is 0 Å². The first-order chi connectivity index (χ1) is 10.4. The van der Waals surface area contributed by atoms with E-state index in [0.717, 1.165) is 0 Å². The number of morpholine rings is 1. The van der Waals surface area contributed by atoms with Crippen molar-refractivity contribution in [3.8, 4) is 0 Å². The number of ether oxygens (including phenoxy) is 2. The van der Waals surface area contributed by atoms with E-state index in [1.54, 1.807) is 19.1 Å². The lowest BCUT2D eigenvalue weighted by Gasteiger charge is -2.30. The van der Waals surface area contributed by atoms with Crippen molar-refractivity contribution in [2.45, 2.75) is 24.8 Å². The van der Waals surface area contributed by atoms with E-state index in [4.69, 9.17) is 9.47 Å². The standard InChI is InChI=1S/C14H20N2O5S/c1-3-20-14(17)15-12-5-4-6-13(9-12)22(18,19)16-7-8-21-11(2)10-16/h4-6,9,11H,3,7-8,10H2,1-2H3,(H,15,17). The Bertz CT molecular complexity index is 632. The zero-order valence-electron chi connectivity index (χ0n) is 12.6. The Labute approximate surface area is 130 Å². The molecular weight excluding hydrogens is 308 g/mol. The van der Waals surface area contributed by atoms with E-state index >= 15 is 0 Å². The molecule has 1 aromatic carbocycles. The fourth-order valence-electron chi connectivity index (χ4n) is 2.17. The van der Waals surface area contributed by atoms with Crippen LogP contribution in [0.1, 0.15) is 13.8 Å². The van der Waals surface area contributed by atoms with Gasteiger partial charge in [0.15, 0.2) is 0 Å². The van der Waals surface area contributed by atoms with Gasteiger partial charge in [-0.15, -0.1) is 0 Å². The van der Waals surface area contributed by atoms with Gasteiger partial charge in [0.1, 0.15) is 0 Å². The van der Waals surface area contributed by atoms with Gasteiger partial charge in [-0.1, -0.05) is 6.07 Å². The first-order valence-electron chi connectivity index (χ1n) is 7.09. The molecule has 0 spiro atoms. The van der Waals surface area contributed by atoms with E-state index in [2.05, 4.69) is 5.32 Å². The van der Waals surface area contributed by atoms with Crippen LogP contribution in [0.25, 0.3) is 0 Å². The lowest BCUT2D eigenvalue weighted by Crippen LogP contribution is -2.44. The van der Waals surface area contributed by atoms with Gasteiger partial charge >= 0.3 is 6.09 Å². The van der Waals surface area contributed by atoms with Crippen molar-refractivity contribution in [1.29, 1.82) is 0 Å². The van der Waals surface area contributed by atoms with Crippen molar-refractivity contribution in [2.24, 2.45) is 0 Å². The van der Waals surface area contributed by atoms with Crippen LogP contribution in [-0.2, 0) is 19.5 Å². The van der Waals surface area contributed by atoms with Crippen LogP contribution in [0, 0.1) is 0 Å². The molecular formula is C14H20N2O5S. The summed E-state index contributed by atoms with van der Waals surface area (Å²) in [5.41, 5.74) is 0.376. The molecule has 0 aliphatic carbocycles. The molecule has 1 heterocycles. The Kier molecular flexibility index (Phi) is 5.38. The SMILES string of the molecule is CCOC(=O)Nc1cccc(S(=O)(=O)N2CCOC(C)C2)c1. The molecule has 2 rings (SSSR count). The van der Waals surface area contributed by atoms with Crippen molar-refractivity contribution in [2.75, 3.05) is 31.6 Å². The second-order valence-electron chi connectivity index (χ2n) is 4.92. The maximum absolute atomic E-state index is 12.6. The van der Waals surface area contributed by atoms with Gasteiger partial charge in [0.2, 0.25) is 10.0 Å². The van der Waals surface area contributed by atoms with Crippen molar-refractivity contribution >= 4 is 21.8 Å². The van der Waals surface area contributed by atoms with E-state index < -0.39 is 16.1 Å². The average molecular weight is 328 g/mol. The van der Waals surface area contributed by atoms with Gasteiger partial charge in [-0.3, -0.25) is 5.32 Å². The number of sulfonamides is 1.